The summed E-state index contributed by atoms with van der Waals surface area (Å²) in [5.41, 5.74) is 0.366. The maximum Gasteiger partial charge on any atom is 0.261 e. The van der Waals surface area contributed by atoms with Crippen molar-refractivity contribution in [2.45, 2.75) is 6.92 Å². The normalized spacial score (nSPS) is 11.1. The third kappa shape index (κ3) is 4.66. The van der Waals surface area contributed by atoms with Gasteiger partial charge >= 0.3 is 0 Å². The molecule has 0 radical (unpaired) electrons. The monoisotopic (exact) mass is 417 g/mol. The van der Waals surface area contributed by atoms with Gasteiger partial charge in [0.05, 0.1) is 30.5 Å². The Labute approximate surface area is 166 Å². The van der Waals surface area contributed by atoms with E-state index in [2.05, 4.69) is 15.0 Å². The maximum atomic E-state index is 12.5. The Hall–Kier alpha value is -3.53. The largest absolute Gasteiger partial charge is 0.494 e. The van der Waals surface area contributed by atoms with Crippen molar-refractivity contribution in [1.29, 1.82) is 0 Å². The number of aromatic amines is 1. The highest BCUT2D eigenvalue weighted by molar-refractivity contribution is 7.92. The zero-order valence-corrected chi connectivity index (χ0v) is 16.5. The van der Waals surface area contributed by atoms with Gasteiger partial charge < -0.3 is 19.5 Å². The van der Waals surface area contributed by atoms with Gasteiger partial charge in [-0.2, -0.15) is 0 Å². The van der Waals surface area contributed by atoms with Crippen molar-refractivity contribution in [3.05, 3.63) is 64.6 Å². The lowest BCUT2D eigenvalue weighted by atomic mass is 10.2. The Kier molecular flexibility index (Phi) is 5.74. The number of pyridine rings is 1. The van der Waals surface area contributed by atoms with E-state index in [-0.39, 0.29) is 22.8 Å². The molecule has 0 aliphatic carbocycles. The summed E-state index contributed by atoms with van der Waals surface area (Å²) in [6.07, 6.45) is 1.48. The van der Waals surface area contributed by atoms with E-state index in [9.17, 15) is 18.0 Å². The van der Waals surface area contributed by atoms with Crippen LogP contribution in [0.2, 0.25) is 0 Å². The maximum absolute atomic E-state index is 12.5. The Morgan fingerprint density at radius 2 is 2.00 bits per heavy atom. The number of anilines is 2. The Balaban J connectivity index is 1.81. The molecule has 10 heteroatoms. The standard InChI is InChI=1S/C19H19N3O6S/c1-3-29(25,26)22-15-8-6-12(11-17(15)27-2)20-18(23)13-7-9-14(21-19(13)24)16-5-4-10-28-16/h4-11,22H,3H2,1-2H3,(H,20,23)(H,21,24). The Morgan fingerprint density at radius 1 is 1.21 bits per heavy atom. The molecule has 0 fully saturated rings. The lowest BCUT2D eigenvalue weighted by Gasteiger charge is -2.13. The Morgan fingerprint density at radius 3 is 2.62 bits per heavy atom. The fourth-order valence-corrected chi connectivity index (χ4v) is 3.17. The first-order chi connectivity index (χ1) is 13.8. The van der Waals surface area contributed by atoms with Crippen LogP contribution in [0.25, 0.3) is 11.5 Å². The molecule has 0 aliphatic heterocycles. The first kappa shape index (κ1) is 20.2. The van der Waals surface area contributed by atoms with E-state index in [1.807, 2.05) is 0 Å². The summed E-state index contributed by atoms with van der Waals surface area (Å²) >= 11 is 0. The molecule has 0 aliphatic rings. The zero-order chi connectivity index (χ0) is 21.0. The summed E-state index contributed by atoms with van der Waals surface area (Å²) in [5.74, 6) is -0.0159. The highest BCUT2D eigenvalue weighted by Gasteiger charge is 2.15. The van der Waals surface area contributed by atoms with Crippen molar-refractivity contribution in [3.8, 4) is 17.2 Å². The molecule has 0 bridgehead atoms. The Bertz CT molecular complexity index is 1180. The summed E-state index contributed by atoms with van der Waals surface area (Å²) in [6.45, 7) is 1.51. The number of nitrogens with one attached hydrogen (secondary N) is 3. The van der Waals surface area contributed by atoms with Crippen LogP contribution in [-0.4, -0.2) is 32.2 Å². The van der Waals surface area contributed by atoms with Crippen LogP contribution in [0.4, 0.5) is 11.4 Å². The van der Waals surface area contributed by atoms with Gasteiger partial charge in [-0.25, -0.2) is 8.42 Å². The molecule has 0 atom stereocenters. The molecule has 2 heterocycles. The van der Waals surface area contributed by atoms with Crippen LogP contribution in [-0.2, 0) is 10.0 Å². The number of benzene rings is 1. The molecular formula is C19H19N3O6S. The molecule has 9 nitrogen and oxygen atoms in total. The minimum Gasteiger partial charge on any atom is -0.494 e. The molecule has 0 saturated heterocycles. The number of furan rings is 1. The zero-order valence-electron chi connectivity index (χ0n) is 15.7. The number of methoxy groups -OCH3 is 1. The van der Waals surface area contributed by atoms with Crippen molar-refractivity contribution < 1.29 is 22.4 Å². The highest BCUT2D eigenvalue weighted by Crippen LogP contribution is 2.29. The lowest BCUT2D eigenvalue weighted by molar-refractivity contribution is 0.102. The van der Waals surface area contributed by atoms with Gasteiger partial charge in [0, 0.05) is 11.8 Å². The summed E-state index contributed by atoms with van der Waals surface area (Å²) in [5, 5.41) is 2.59. The number of carbonyl (C=O) groups excluding carboxylic acids is 1. The molecule has 0 saturated carbocycles. The number of rotatable bonds is 7. The second kappa shape index (κ2) is 8.23. The van der Waals surface area contributed by atoms with Crippen molar-refractivity contribution >= 4 is 27.3 Å². The molecule has 0 spiro atoms. The van der Waals surface area contributed by atoms with Crippen LogP contribution < -0.4 is 20.3 Å². The van der Waals surface area contributed by atoms with Gasteiger partial charge in [0.25, 0.3) is 11.5 Å². The molecule has 3 aromatic rings. The van der Waals surface area contributed by atoms with Crippen LogP contribution in [0.5, 0.6) is 5.75 Å². The van der Waals surface area contributed by atoms with Gasteiger partial charge in [-0.05, 0) is 43.3 Å². The van der Waals surface area contributed by atoms with E-state index in [0.29, 0.717) is 17.1 Å². The SMILES string of the molecule is CCS(=O)(=O)Nc1ccc(NC(=O)c2ccc(-c3ccco3)[nH]c2=O)cc1OC. The van der Waals surface area contributed by atoms with E-state index in [1.54, 1.807) is 18.2 Å². The van der Waals surface area contributed by atoms with Crippen LogP contribution in [0.15, 0.2) is 57.9 Å². The van der Waals surface area contributed by atoms with Crippen LogP contribution >= 0.6 is 0 Å². The topological polar surface area (TPSA) is 130 Å². The summed E-state index contributed by atoms with van der Waals surface area (Å²) < 4.78 is 36.3. The number of ether oxygens (including phenoxy) is 1. The summed E-state index contributed by atoms with van der Waals surface area (Å²) in [7, 11) is -2.11. The molecular weight excluding hydrogens is 398 g/mol. The quantitative estimate of drug-likeness (QED) is 0.542. The van der Waals surface area contributed by atoms with Crippen molar-refractivity contribution in [2.75, 3.05) is 22.9 Å². The average Bonchev–Trinajstić information content (AvgIpc) is 3.23. The van der Waals surface area contributed by atoms with Gasteiger partial charge in [0.1, 0.15) is 17.1 Å². The van der Waals surface area contributed by atoms with Gasteiger partial charge in [-0.3, -0.25) is 14.3 Å². The molecule has 29 heavy (non-hydrogen) atoms. The average molecular weight is 417 g/mol. The van der Waals surface area contributed by atoms with Crippen molar-refractivity contribution in [3.63, 3.8) is 0 Å². The molecule has 1 amide bonds. The highest BCUT2D eigenvalue weighted by atomic mass is 32.2. The minimum absolute atomic E-state index is 0.0879. The van der Waals surface area contributed by atoms with E-state index >= 15 is 0 Å². The smallest absolute Gasteiger partial charge is 0.261 e. The molecule has 3 N–H and O–H groups in total. The number of aromatic nitrogens is 1. The third-order valence-electron chi connectivity index (χ3n) is 4.05. The number of amides is 1. The van der Waals surface area contributed by atoms with E-state index in [0.717, 1.165) is 0 Å². The van der Waals surface area contributed by atoms with Gasteiger partial charge in [0.2, 0.25) is 10.0 Å². The van der Waals surface area contributed by atoms with Gasteiger partial charge in [-0.1, -0.05) is 0 Å². The van der Waals surface area contributed by atoms with Crippen LogP contribution in [0.3, 0.4) is 0 Å². The second-order valence-corrected chi connectivity index (χ2v) is 7.98. The van der Waals surface area contributed by atoms with Crippen LogP contribution in [0, 0.1) is 0 Å². The molecule has 2 aromatic heterocycles. The van der Waals surface area contributed by atoms with Gasteiger partial charge in [0.15, 0.2) is 0 Å². The van der Waals surface area contributed by atoms with E-state index in [4.69, 9.17) is 9.15 Å². The van der Waals surface area contributed by atoms with E-state index < -0.39 is 21.5 Å². The number of carbonyl (C=O) groups is 1. The van der Waals surface area contributed by atoms with Gasteiger partial charge in [-0.15, -0.1) is 0 Å². The number of H-pyrrole nitrogens is 1. The molecule has 1 aromatic carbocycles. The number of sulfonamides is 1. The molecule has 152 valence electrons. The fourth-order valence-electron chi connectivity index (χ4n) is 2.52. The second-order valence-electron chi connectivity index (χ2n) is 5.97. The fraction of sp³-hybridized carbons (Fsp3) is 0.158. The number of hydrogen-bond acceptors (Lipinski definition) is 6. The summed E-state index contributed by atoms with van der Waals surface area (Å²) in [6, 6.07) is 10.8. The summed E-state index contributed by atoms with van der Waals surface area (Å²) in [4.78, 5) is 27.4. The third-order valence-corrected chi connectivity index (χ3v) is 5.34. The van der Waals surface area contributed by atoms with E-state index in [1.165, 1.54) is 44.6 Å². The number of hydrogen-bond donors (Lipinski definition) is 3. The predicted molar refractivity (Wildman–Crippen MR) is 109 cm³/mol. The molecule has 3 rings (SSSR count). The van der Waals surface area contributed by atoms with Crippen LogP contribution in [0.1, 0.15) is 17.3 Å². The predicted octanol–water partition coefficient (Wildman–Crippen LogP) is 2.66. The first-order valence-corrected chi connectivity index (χ1v) is 10.3. The van der Waals surface area contributed by atoms with Crippen molar-refractivity contribution in [2.24, 2.45) is 0 Å². The minimum atomic E-state index is -3.48. The van der Waals surface area contributed by atoms with Crippen molar-refractivity contribution in [1.82, 2.24) is 4.98 Å². The first-order valence-electron chi connectivity index (χ1n) is 8.60. The molecule has 0 unspecified atom stereocenters. The lowest BCUT2D eigenvalue weighted by Crippen LogP contribution is -2.23.